The first-order valence-electron chi connectivity index (χ1n) is 14.5. The van der Waals surface area contributed by atoms with Crippen LogP contribution in [-0.4, -0.2) is 62.9 Å². The standard InChI is InChI=1S/C30H40N2O5.2CH4O3S/c1-18-26(35)24(33)9-11-31(18)16-21(17-32-12-10-25(34)27(36)19(32)2)13-20-14-22(29(3,4)5)28(37)23(15-20)30(6,7)8;2*1-5(2,3)4/h9-12,14-15,21,35-37H,13,16-17H2,1-8H3;2*1H3,(H,2,3,4). The number of nitrogens with zero attached hydrogens (tertiary/aromatic N) is 2. The monoisotopic (exact) mass is 700 g/mol. The van der Waals surface area contributed by atoms with Crippen LogP contribution in [0.5, 0.6) is 17.2 Å². The predicted molar refractivity (Wildman–Crippen MR) is 182 cm³/mol. The van der Waals surface area contributed by atoms with Gasteiger partial charge in [0, 0.05) is 37.6 Å². The number of hydrogen-bond donors (Lipinski definition) is 5. The number of pyridine rings is 2. The molecular formula is C32H48N2O11S2. The van der Waals surface area contributed by atoms with Gasteiger partial charge < -0.3 is 24.5 Å². The maximum Gasteiger partial charge on any atom is 0.261 e. The zero-order valence-electron chi connectivity index (χ0n) is 28.6. The average molecular weight is 701 g/mol. The molecule has 0 amide bonds. The summed E-state index contributed by atoms with van der Waals surface area (Å²) in [4.78, 5) is 23.8. The van der Waals surface area contributed by atoms with Crippen LogP contribution in [0.25, 0.3) is 0 Å². The highest BCUT2D eigenvalue weighted by Gasteiger charge is 2.27. The molecule has 1 aromatic carbocycles. The van der Waals surface area contributed by atoms with E-state index < -0.39 is 31.1 Å². The molecule has 13 nitrogen and oxygen atoms in total. The van der Waals surface area contributed by atoms with Crippen LogP contribution >= 0.6 is 0 Å². The van der Waals surface area contributed by atoms with Crippen molar-refractivity contribution in [2.24, 2.45) is 5.92 Å². The van der Waals surface area contributed by atoms with Crippen molar-refractivity contribution >= 4 is 20.2 Å². The second-order valence-corrected chi connectivity index (χ2v) is 16.5. The van der Waals surface area contributed by atoms with Crippen LogP contribution in [0.1, 0.15) is 69.6 Å². The molecule has 47 heavy (non-hydrogen) atoms. The Hall–Kier alpha value is -3.66. The lowest BCUT2D eigenvalue weighted by molar-refractivity contribution is 0.360. The molecule has 0 saturated heterocycles. The number of aromatic nitrogens is 2. The van der Waals surface area contributed by atoms with Crippen molar-refractivity contribution in [1.29, 1.82) is 0 Å². The van der Waals surface area contributed by atoms with Gasteiger partial charge in [-0.25, -0.2) is 0 Å². The van der Waals surface area contributed by atoms with Gasteiger partial charge in [-0.1, -0.05) is 53.7 Å². The van der Waals surface area contributed by atoms with E-state index in [2.05, 4.69) is 53.7 Å². The normalized spacial score (nSPS) is 12.2. The summed E-state index contributed by atoms with van der Waals surface area (Å²) in [5, 5.41) is 31.6. The summed E-state index contributed by atoms with van der Waals surface area (Å²) < 4.78 is 55.4. The Morgan fingerprint density at radius 3 is 1.23 bits per heavy atom. The Morgan fingerprint density at radius 1 is 0.660 bits per heavy atom. The molecule has 2 heterocycles. The van der Waals surface area contributed by atoms with E-state index in [1.54, 1.807) is 26.2 Å². The van der Waals surface area contributed by atoms with Gasteiger partial charge >= 0.3 is 0 Å². The minimum Gasteiger partial charge on any atom is -0.507 e. The summed E-state index contributed by atoms with van der Waals surface area (Å²) in [6, 6.07) is 6.82. The summed E-state index contributed by atoms with van der Waals surface area (Å²) >= 11 is 0. The minimum atomic E-state index is -3.67. The quantitative estimate of drug-likeness (QED) is 0.233. The topological polar surface area (TPSA) is 213 Å². The van der Waals surface area contributed by atoms with Crippen molar-refractivity contribution in [1.82, 2.24) is 9.13 Å². The number of phenols is 1. The van der Waals surface area contributed by atoms with Gasteiger partial charge in [-0.2, -0.15) is 16.8 Å². The second kappa shape index (κ2) is 15.5. The van der Waals surface area contributed by atoms with Gasteiger partial charge in [0.25, 0.3) is 20.2 Å². The van der Waals surface area contributed by atoms with Gasteiger partial charge in [0.15, 0.2) is 11.5 Å². The summed E-state index contributed by atoms with van der Waals surface area (Å²) in [5.41, 5.74) is 2.40. The Balaban J connectivity index is 0.000000961. The molecule has 3 aromatic rings. The van der Waals surface area contributed by atoms with E-state index >= 15 is 0 Å². The molecule has 3 rings (SSSR count). The van der Waals surface area contributed by atoms with Crippen LogP contribution in [-0.2, 0) is 50.6 Å². The second-order valence-electron chi connectivity index (χ2n) is 13.6. The van der Waals surface area contributed by atoms with E-state index in [9.17, 15) is 41.7 Å². The molecule has 0 bridgehead atoms. The minimum absolute atomic E-state index is 0.0358. The molecule has 0 unspecified atom stereocenters. The molecule has 0 aliphatic carbocycles. The third kappa shape index (κ3) is 13.9. The van der Waals surface area contributed by atoms with Gasteiger partial charge in [-0.3, -0.25) is 18.7 Å². The van der Waals surface area contributed by atoms with E-state index in [1.807, 2.05) is 9.13 Å². The lowest BCUT2D eigenvalue weighted by atomic mass is 9.77. The molecular weight excluding hydrogens is 652 g/mol. The molecule has 0 saturated carbocycles. The number of rotatable bonds is 6. The van der Waals surface area contributed by atoms with Crippen LogP contribution in [0, 0.1) is 19.8 Å². The summed E-state index contributed by atoms with van der Waals surface area (Å²) in [6.45, 7) is 16.9. The van der Waals surface area contributed by atoms with Crippen LogP contribution in [0.4, 0.5) is 0 Å². The van der Waals surface area contributed by atoms with Crippen molar-refractivity contribution in [3.05, 3.63) is 85.2 Å². The highest BCUT2D eigenvalue weighted by atomic mass is 32.2. The highest BCUT2D eigenvalue weighted by molar-refractivity contribution is 7.85. The van der Waals surface area contributed by atoms with Crippen molar-refractivity contribution < 1.29 is 41.3 Å². The highest BCUT2D eigenvalue weighted by Crippen LogP contribution is 2.40. The lowest BCUT2D eigenvalue weighted by Crippen LogP contribution is -2.24. The molecule has 5 N–H and O–H groups in total. The van der Waals surface area contributed by atoms with Gasteiger partial charge in [0.2, 0.25) is 10.9 Å². The first-order chi connectivity index (χ1) is 21.0. The fourth-order valence-electron chi connectivity index (χ4n) is 4.75. The van der Waals surface area contributed by atoms with E-state index in [1.165, 1.54) is 12.1 Å². The Bertz CT molecular complexity index is 1750. The third-order valence-corrected chi connectivity index (χ3v) is 7.05. The van der Waals surface area contributed by atoms with Gasteiger partial charge in [0.05, 0.1) is 23.9 Å². The van der Waals surface area contributed by atoms with Crippen LogP contribution < -0.4 is 10.9 Å². The van der Waals surface area contributed by atoms with Crippen molar-refractivity contribution in [2.75, 3.05) is 12.5 Å². The smallest absolute Gasteiger partial charge is 0.261 e. The Labute approximate surface area is 276 Å². The van der Waals surface area contributed by atoms with E-state index in [0.29, 0.717) is 49.2 Å². The Kier molecular flexibility index (Phi) is 13.6. The van der Waals surface area contributed by atoms with Gasteiger partial charge in [-0.15, -0.1) is 0 Å². The first-order valence-corrected chi connectivity index (χ1v) is 18.2. The molecule has 0 spiro atoms. The molecule has 2 aromatic heterocycles. The maximum absolute atomic E-state index is 11.9. The lowest BCUT2D eigenvalue weighted by Gasteiger charge is -2.29. The zero-order chi connectivity index (χ0) is 36.9. The molecule has 0 aliphatic heterocycles. The summed E-state index contributed by atoms with van der Waals surface area (Å²) in [5.74, 6) is -0.254. The largest absolute Gasteiger partial charge is 0.507 e. The number of phenolic OH excluding ortho intramolecular Hbond substituents is 1. The fraction of sp³-hybridized carbons (Fsp3) is 0.500. The predicted octanol–water partition coefficient (Wildman–Crippen LogP) is 3.91. The van der Waals surface area contributed by atoms with Crippen molar-refractivity contribution in [2.45, 2.75) is 85.7 Å². The van der Waals surface area contributed by atoms with E-state index in [-0.39, 0.29) is 28.2 Å². The number of aromatic hydroxyl groups is 3. The third-order valence-electron chi connectivity index (χ3n) is 7.05. The first kappa shape index (κ1) is 41.4. The molecule has 0 atom stereocenters. The summed E-state index contributed by atoms with van der Waals surface area (Å²) in [7, 11) is -7.33. The fourth-order valence-corrected chi connectivity index (χ4v) is 4.75. The van der Waals surface area contributed by atoms with Crippen molar-refractivity contribution in [3.8, 4) is 17.2 Å². The Morgan fingerprint density at radius 2 is 0.957 bits per heavy atom. The van der Waals surface area contributed by atoms with Crippen LogP contribution in [0.3, 0.4) is 0 Å². The molecule has 264 valence electrons. The molecule has 0 radical (unpaired) electrons. The maximum atomic E-state index is 11.9. The molecule has 15 heteroatoms. The summed E-state index contributed by atoms with van der Waals surface area (Å²) in [6.07, 6.45) is 5.42. The molecule has 0 aliphatic rings. The average Bonchev–Trinajstić information content (AvgIpc) is 2.87. The molecule has 0 fully saturated rings. The van der Waals surface area contributed by atoms with Crippen LogP contribution in [0.2, 0.25) is 0 Å². The number of hydrogen-bond acceptors (Lipinski definition) is 9. The zero-order valence-corrected chi connectivity index (χ0v) is 30.2. The van der Waals surface area contributed by atoms with Crippen LogP contribution in [0.15, 0.2) is 46.2 Å². The van der Waals surface area contributed by atoms with E-state index in [4.69, 9.17) is 9.11 Å². The SMILES string of the molecule is CS(=O)(=O)O.CS(=O)(=O)O.Cc1c(O)c(=O)ccn1CC(Cc1cc(C(C)(C)C)c(O)c(C(C)(C)C)c1)Cn1ccc(=O)c(O)c1C. The van der Waals surface area contributed by atoms with Gasteiger partial charge in [0.1, 0.15) is 5.75 Å². The van der Waals surface area contributed by atoms with Gasteiger partial charge in [-0.05, 0) is 53.7 Å². The van der Waals surface area contributed by atoms with E-state index in [0.717, 1.165) is 16.7 Å². The van der Waals surface area contributed by atoms with Crippen molar-refractivity contribution in [3.63, 3.8) is 0 Å². The number of benzene rings is 1.